The monoisotopic (exact) mass is 1250 g/mol. The van der Waals surface area contributed by atoms with E-state index in [1.54, 1.807) is 18.6 Å². The Labute approximate surface area is 537 Å². The summed E-state index contributed by atoms with van der Waals surface area (Å²) in [6.07, 6.45) is 27.8. The van der Waals surface area contributed by atoms with Crippen LogP contribution >= 0.6 is 0 Å². The first kappa shape index (κ1) is 64.5. The Hall–Kier alpha value is -8.98. The number of likely N-dealkylation sites (tertiary alicyclic amines) is 1. The van der Waals surface area contributed by atoms with E-state index in [4.69, 9.17) is 41.4 Å². The average Bonchev–Trinajstić information content (AvgIpc) is 1.76. The molecular weight excluding hydrogens is 1160 g/mol. The zero-order valence-electron chi connectivity index (χ0n) is 54.4. The lowest BCUT2D eigenvalue weighted by Crippen LogP contribution is -2.46. The molecule has 2 aliphatic heterocycles. The highest BCUT2D eigenvalue weighted by Crippen LogP contribution is 2.34. The predicted molar refractivity (Wildman–Crippen MR) is 367 cm³/mol. The van der Waals surface area contributed by atoms with E-state index in [1.165, 1.54) is 36.6 Å². The van der Waals surface area contributed by atoms with Gasteiger partial charge in [-0.05, 0) is 154 Å². The van der Waals surface area contributed by atoms with Crippen LogP contribution in [0.4, 0.5) is 46.7 Å². The fraction of sp³-hybridized carbons (Fsp3) is 0.485. The first-order valence-corrected chi connectivity index (χ1v) is 32.7. The number of H-pyrrole nitrogens is 1. The lowest BCUT2D eigenvalue weighted by molar-refractivity contribution is 0.130. The summed E-state index contributed by atoms with van der Waals surface area (Å²) in [7, 11) is 0. The number of fused-ring (bicyclic) bond motifs is 4. The zero-order valence-corrected chi connectivity index (χ0v) is 54.4. The van der Waals surface area contributed by atoms with Crippen molar-refractivity contribution < 1.29 is 10.2 Å². The maximum atomic E-state index is 9.47. The summed E-state index contributed by atoms with van der Waals surface area (Å²) in [6, 6.07) is 9.59. The molecule has 8 aromatic heterocycles. The van der Waals surface area contributed by atoms with Gasteiger partial charge < -0.3 is 77.6 Å². The molecule has 488 valence electrons. The Morgan fingerprint density at radius 1 is 0.630 bits per heavy atom. The molecule has 0 radical (unpaired) electrons. The molecule has 0 bridgehead atoms. The van der Waals surface area contributed by atoms with Crippen molar-refractivity contribution in [3.63, 3.8) is 0 Å². The van der Waals surface area contributed by atoms with Gasteiger partial charge in [0.05, 0.1) is 43.6 Å². The Bertz CT molecular complexity index is 4060. The third kappa shape index (κ3) is 15.2. The van der Waals surface area contributed by atoms with Crippen LogP contribution in [0.2, 0.25) is 0 Å². The van der Waals surface area contributed by atoms with Crippen LogP contribution in [-0.4, -0.2) is 134 Å². The number of β-amino-alcohol motifs (C(OH)–C–C–N with tert-alkyl or cyclic N) is 1. The Kier molecular flexibility index (Phi) is 20.4. The van der Waals surface area contributed by atoms with Crippen molar-refractivity contribution in [2.75, 3.05) is 58.2 Å². The van der Waals surface area contributed by atoms with Crippen LogP contribution in [0.5, 0.6) is 0 Å². The summed E-state index contributed by atoms with van der Waals surface area (Å²) in [5.74, 6) is 4.62. The number of allylic oxidation sites excluding steroid dienone is 2. The number of dihydropyridines is 1. The van der Waals surface area contributed by atoms with Crippen molar-refractivity contribution in [3.05, 3.63) is 109 Å². The summed E-state index contributed by atoms with van der Waals surface area (Å²) < 4.78 is 6.17. The Morgan fingerprint density at radius 2 is 1.20 bits per heavy atom. The molecule has 1 saturated heterocycles. The SMILES string of the molecule is C=C1C=C(Nc2nc(N[C@H]3CCCC[C@@H]3CCO)nc3c2ncn3C(C)C)C=C(N)N1.Cc1cc(Nc2nc(N[C@H]3CCCC[C@@H]3N)nc3c2ncn3C(C)C)cc2[nH]ccc12.Cc1cncc(Nc2nc(N[C@H]3CCCCN3CCO)nc3c2ncn3C(C)C)c1. The normalized spacial score (nSPS) is 19.5. The number of nitrogens with two attached hydrogens (primary N) is 2. The lowest BCUT2D eigenvalue weighted by Gasteiger charge is -2.35. The van der Waals surface area contributed by atoms with Crippen molar-refractivity contribution in [2.24, 2.45) is 17.4 Å². The van der Waals surface area contributed by atoms with Gasteiger partial charge in [0.1, 0.15) is 5.82 Å². The number of benzene rings is 1. The molecular formula is C66H92N24O2. The van der Waals surface area contributed by atoms with E-state index in [2.05, 4.69) is 145 Å². The van der Waals surface area contributed by atoms with Crippen molar-refractivity contribution >= 4 is 91.1 Å². The predicted octanol–water partition coefficient (Wildman–Crippen LogP) is 10.7. The summed E-state index contributed by atoms with van der Waals surface area (Å²) in [5.41, 5.74) is 23.5. The number of piperidine rings is 1. The number of aliphatic hydroxyl groups is 2. The molecule has 26 nitrogen and oxygen atoms in total. The van der Waals surface area contributed by atoms with Gasteiger partial charge in [-0.25, -0.2) is 15.0 Å². The summed E-state index contributed by atoms with van der Waals surface area (Å²) in [6.45, 7) is 22.7. The number of pyridine rings is 1. The van der Waals surface area contributed by atoms with Gasteiger partial charge in [-0.3, -0.25) is 9.88 Å². The topological polar surface area (TPSA) is 339 Å². The number of anilines is 8. The molecule has 9 aromatic rings. The summed E-state index contributed by atoms with van der Waals surface area (Å²) in [5, 5.41) is 43.8. The van der Waals surface area contributed by atoms with Gasteiger partial charge in [0.2, 0.25) is 17.8 Å². The molecule has 0 spiro atoms. The molecule has 14 N–H and O–H groups in total. The molecule has 26 heteroatoms. The molecule has 4 aliphatic rings. The maximum absolute atomic E-state index is 9.47. The van der Waals surface area contributed by atoms with Crippen molar-refractivity contribution in [1.29, 1.82) is 0 Å². The van der Waals surface area contributed by atoms with Crippen LogP contribution in [0, 0.1) is 19.8 Å². The minimum atomic E-state index is 0.104. The molecule has 1 aromatic carbocycles. The maximum Gasteiger partial charge on any atom is 0.228 e. The Balaban J connectivity index is 0.000000141. The second-order valence-corrected chi connectivity index (χ2v) is 25.6. The largest absolute Gasteiger partial charge is 0.396 e. The van der Waals surface area contributed by atoms with Crippen molar-refractivity contribution in [2.45, 2.75) is 175 Å². The number of aromatic nitrogens is 14. The van der Waals surface area contributed by atoms with Crippen LogP contribution in [0.25, 0.3) is 44.4 Å². The fourth-order valence-electron chi connectivity index (χ4n) is 12.8. The molecule has 0 unspecified atom stereocenters. The van der Waals surface area contributed by atoms with Crippen LogP contribution in [0.15, 0.2) is 97.8 Å². The number of imidazole rings is 3. The summed E-state index contributed by atoms with van der Waals surface area (Å²) >= 11 is 0. The van der Waals surface area contributed by atoms with Crippen molar-refractivity contribution in [3.8, 4) is 0 Å². The van der Waals surface area contributed by atoms with Gasteiger partial charge in [0, 0.05) is 102 Å². The van der Waals surface area contributed by atoms with Gasteiger partial charge in [-0.2, -0.15) is 29.9 Å². The van der Waals surface area contributed by atoms with E-state index in [1.807, 2.05) is 53.2 Å². The molecule has 2 aliphatic carbocycles. The van der Waals surface area contributed by atoms with E-state index in [-0.39, 0.29) is 55.6 Å². The number of hydrogen-bond acceptors (Lipinski definition) is 22. The number of rotatable bonds is 19. The number of aromatic amines is 1. The van der Waals surface area contributed by atoms with E-state index in [0.717, 1.165) is 114 Å². The first-order valence-electron chi connectivity index (χ1n) is 32.7. The lowest BCUT2D eigenvalue weighted by atomic mass is 9.82. The second kappa shape index (κ2) is 29.1. The third-order valence-electron chi connectivity index (χ3n) is 17.6. The zero-order chi connectivity index (χ0) is 64.6. The fourth-order valence-corrected chi connectivity index (χ4v) is 12.8. The second-order valence-electron chi connectivity index (χ2n) is 25.6. The van der Waals surface area contributed by atoms with Crippen molar-refractivity contribution in [1.82, 2.24) is 78.7 Å². The Morgan fingerprint density at radius 3 is 1.78 bits per heavy atom. The minimum absolute atomic E-state index is 0.104. The highest BCUT2D eigenvalue weighted by atomic mass is 16.3. The number of nitrogens with zero attached hydrogens (tertiary/aromatic N) is 14. The minimum Gasteiger partial charge on any atom is -0.396 e. The average molecular weight is 1250 g/mol. The molecule has 5 atom stereocenters. The van der Waals surface area contributed by atoms with Gasteiger partial charge in [-0.1, -0.05) is 32.3 Å². The highest BCUT2D eigenvalue weighted by Gasteiger charge is 2.29. The van der Waals surface area contributed by atoms with Crippen LogP contribution in [0.1, 0.15) is 148 Å². The van der Waals surface area contributed by atoms with Gasteiger partial charge in [-0.15, -0.1) is 0 Å². The van der Waals surface area contributed by atoms with E-state index in [0.29, 0.717) is 64.8 Å². The van der Waals surface area contributed by atoms with Gasteiger partial charge in [0.15, 0.2) is 50.9 Å². The van der Waals surface area contributed by atoms with E-state index < -0.39 is 0 Å². The molecule has 3 fully saturated rings. The standard InChI is InChI=1S/C23H30N8.C22H32N8O.C21H30N8O/c1-13(2)31-12-26-20-21(27-15-10-14(3)16-8-9-25-19(16)11-15)29-23(30-22(20)31)28-18-7-5-4-6-17(18)24;1-13(2)30-12-24-19-20(26-16-10-14(3)25-18(23)11-16)28-22(29-21(19)30)27-17-7-5-4-6-15(17)8-9-31;1-14(2)29-13-23-18-19(24-16-10-15(3)11-22-12-16)26-21(27-20(18)29)25-17-6-4-5-7-28(17)8-9-30/h8-13,17-18,25H,4-7,24H2,1-3H3,(H2,27,28,29,30);10-13,15,17,25,31H,3-9,23H2,1-2H3,(H2,26,27,28,29);10-14,17,30H,4-9H2,1-3H3,(H2,24,25,26,27)/t17-,18-;15-,17+;17-/m011/s1. The van der Waals surface area contributed by atoms with E-state index >= 15 is 0 Å². The van der Waals surface area contributed by atoms with Gasteiger partial charge >= 0.3 is 0 Å². The first-order chi connectivity index (χ1) is 44.5. The molecule has 10 heterocycles. The molecule has 2 saturated carbocycles. The van der Waals surface area contributed by atoms with Crippen LogP contribution in [0.3, 0.4) is 0 Å². The smallest absolute Gasteiger partial charge is 0.228 e. The molecule has 0 amide bonds. The quantitative estimate of drug-likeness (QED) is 0.0358. The highest BCUT2D eigenvalue weighted by molar-refractivity contribution is 5.91. The van der Waals surface area contributed by atoms with Gasteiger partial charge in [0.25, 0.3) is 0 Å². The molecule has 92 heavy (non-hydrogen) atoms. The third-order valence-corrected chi connectivity index (χ3v) is 17.6. The van der Waals surface area contributed by atoms with Crippen LogP contribution < -0.4 is 48.7 Å². The number of hydrogen-bond donors (Lipinski definition) is 12. The van der Waals surface area contributed by atoms with Crippen LogP contribution in [-0.2, 0) is 0 Å². The summed E-state index contributed by atoms with van der Waals surface area (Å²) in [4.78, 5) is 52.4. The number of aryl methyl sites for hydroxylation is 2. The molecule has 13 rings (SSSR count). The number of nitrogens with one attached hydrogen (secondary N) is 8. The number of aliphatic hydroxyl groups excluding tert-OH is 2. The van der Waals surface area contributed by atoms with E-state index in [9.17, 15) is 10.2 Å².